The van der Waals surface area contributed by atoms with Crippen molar-refractivity contribution in [1.29, 1.82) is 0 Å². The van der Waals surface area contributed by atoms with Gasteiger partial charge in [-0.25, -0.2) is 0 Å². The molecule has 1 rings (SSSR count). The molecule has 0 bridgehead atoms. The highest BCUT2D eigenvalue weighted by molar-refractivity contribution is 5.76. The van der Waals surface area contributed by atoms with Crippen molar-refractivity contribution >= 4 is 5.91 Å². The molecule has 1 aliphatic rings. The molecule has 9 heteroatoms. The number of hydrogen-bond donors (Lipinski definition) is 6. The number of aliphatic hydroxyl groups is 5. The number of nitrogens with one attached hydrogen (secondary N) is 1. The Labute approximate surface area is 243 Å². The quantitative estimate of drug-likeness (QED) is 0.0892. The Morgan fingerprint density at radius 3 is 1.75 bits per heavy atom. The fraction of sp³-hybridized carbons (Fsp3) is 0.968. The van der Waals surface area contributed by atoms with Gasteiger partial charge in [-0.05, 0) is 12.8 Å². The fourth-order valence-electron chi connectivity index (χ4n) is 5.19. The molecule has 1 saturated heterocycles. The standard InChI is InChI=1S/C31H61NO8/c1-3-5-7-8-9-10-11-12-13-14-15-16-17-18-19-20-25(34)24(32-27(35)21-6-4-2)23-39-31-30(38)29(37)28(36)26(22-33)40-31/h24-26,28-31,33-34,36-38H,3-23H2,1-2H3,(H,32,35). The molecule has 7 atom stereocenters. The Hall–Kier alpha value is -0.810. The highest BCUT2D eigenvalue weighted by Gasteiger charge is 2.44. The molecular weight excluding hydrogens is 514 g/mol. The molecule has 40 heavy (non-hydrogen) atoms. The van der Waals surface area contributed by atoms with Gasteiger partial charge in [-0.2, -0.15) is 0 Å². The zero-order chi connectivity index (χ0) is 29.6. The van der Waals surface area contributed by atoms with Crippen molar-refractivity contribution in [2.24, 2.45) is 0 Å². The molecule has 0 aliphatic carbocycles. The third-order valence-electron chi connectivity index (χ3n) is 7.96. The lowest BCUT2D eigenvalue weighted by Crippen LogP contribution is -2.60. The molecule has 0 saturated carbocycles. The second-order valence-corrected chi connectivity index (χ2v) is 11.6. The van der Waals surface area contributed by atoms with Crippen molar-refractivity contribution < 1.29 is 39.8 Å². The molecule has 1 aliphatic heterocycles. The first kappa shape index (κ1) is 37.2. The number of rotatable bonds is 25. The monoisotopic (exact) mass is 575 g/mol. The number of aliphatic hydroxyl groups excluding tert-OH is 5. The van der Waals surface area contributed by atoms with Gasteiger partial charge in [0.1, 0.15) is 24.4 Å². The summed E-state index contributed by atoms with van der Waals surface area (Å²) in [5.41, 5.74) is 0. The van der Waals surface area contributed by atoms with Gasteiger partial charge in [-0.15, -0.1) is 0 Å². The normalized spacial score (nSPS) is 24.6. The number of carbonyl (C=O) groups excluding carboxylic acids is 1. The summed E-state index contributed by atoms with van der Waals surface area (Å²) in [6.45, 7) is 3.56. The molecule has 0 aromatic heterocycles. The van der Waals surface area contributed by atoms with E-state index in [4.69, 9.17) is 9.47 Å². The molecule has 9 nitrogen and oxygen atoms in total. The van der Waals surface area contributed by atoms with E-state index in [-0.39, 0.29) is 12.5 Å². The Kier molecular flexibility index (Phi) is 22.1. The molecule has 1 fully saturated rings. The fourth-order valence-corrected chi connectivity index (χ4v) is 5.19. The highest BCUT2D eigenvalue weighted by Crippen LogP contribution is 2.23. The van der Waals surface area contributed by atoms with Gasteiger partial charge in [-0.3, -0.25) is 4.79 Å². The van der Waals surface area contributed by atoms with Crippen LogP contribution >= 0.6 is 0 Å². The summed E-state index contributed by atoms with van der Waals surface area (Å²) in [5, 5.41) is 53.3. The maximum atomic E-state index is 12.4. The Balaban J connectivity index is 2.31. The van der Waals surface area contributed by atoms with Gasteiger partial charge >= 0.3 is 0 Å². The number of hydrogen-bond acceptors (Lipinski definition) is 8. The predicted octanol–water partition coefficient (Wildman–Crippen LogP) is 4.10. The summed E-state index contributed by atoms with van der Waals surface area (Å²) in [6.07, 6.45) is 13.7. The van der Waals surface area contributed by atoms with Gasteiger partial charge in [0.2, 0.25) is 5.91 Å². The van der Waals surface area contributed by atoms with Gasteiger partial charge in [-0.1, -0.05) is 117 Å². The topological polar surface area (TPSA) is 149 Å². The maximum Gasteiger partial charge on any atom is 0.220 e. The SMILES string of the molecule is CCCCCCCCCCCCCCCCCC(O)C(COC1OC(CO)C(O)C(O)C1O)NC(=O)CCCC. The minimum Gasteiger partial charge on any atom is -0.394 e. The summed E-state index contributed by atoms with van der Waals surface area (Å²) in [6, 6.07) is -0.705. The van der Waals surface area contributed by atoms with Crippen LogP contribution in [0.5, 0.6) is 0 Å². The third-order valence-corrected chi connectivity index (χ3v) is 7.96. The second-order valence-electron chi connectivity index (χ2n) is 11.6. The zero-order valence-electron chi connectivity index (χ0n) is 25.4. The zero-order valence-corrected chi connectivity index (χ0v) is 25.4. The number of carbonyl (C=O) groups is 1. The Bertz CT molecular complexity index is 608. The second kappa shape index (κ2) is 23.7. The van der Waals surface area contributed by atoms with E-state index in [9.17, 15) is 30.3 Å². The van der Waals surface area contributed by atoms with Crippen LogP contribution in [0.25, 0.3) is 0 Å². The molecule has 238 valence electrons. The lowest BCUT2D eigenvalue weighted by atomic mass is 9.99. The summed E-state index contributed by atoms with van der Waals surface area (Å²) >= 11 is 0. The third kappa shape index (κ3) is 16.0. The maximum absolute atomic E-state index is 12.4. The lowest BCUT2D eigenvalue weighted by Gasteiger charge is -2.40. The molecule has 0 radical (unpaired) electrons. The van der Waals surface area contributed by atoms with Crippen LogP contribution in [0.4, 0.5) is 0 Å². The molecule has 0 aromatic rings. The molecule has 0 aromatic carbocycles. The minimum atomic E-state index is -1.54. The van der Waals surface area contributed by atoms with Gasteiger partial charge in [0.05, 0.1) is 25.4 Å². The van der Waals surface area contributed by atoms with Gasteiger partial charge in [0.15, 0.2) is 6.29 Å². The van der Waals surface area contributed by atoms with Crippen LogP contribution in [0.2, 0.25) is 0 Å². The average molecular weight is 576 g/mol. The molecule has 1 heterocycles. The first-order chi connectivity index (χ1) is 19.3. The van der Waals surface area contributed by atoms with Crippen molar-refractivity contribution in [3.05, 3.63) is 0 Å². The lowest BCUT2D eigenvalue weighted by molar-refractivity contribution is -0.302. The van der Waals surface area contributed by atoms with Crippen LogP contribution in [0.1, 0.15) is 136 Å². The van der Waals surface area contributed by atoms with E-state index in [1.807, 2.05) is 6.92 Å². The average Bonchev–Trinajstić information content (AvgIpc) is 2.95. The summed E-state index contributed by atoms with van der Waals surface area (Å²) in [7, 11) is 0. The van der Waals surface area contributed by atoms with Crippen molar-refractivity contribution in [2.45, 2.75) is 179 Å². The molecule has 6 N–H and O–H groups in total. The Morgan fingerprint density at radius 2 is 1.25 bits per heavy atom. The molecule has 1 amide bonds. The van der Waals surface area contributed by atoms with E-state index in [1.54, 1.807) is 0 Å². The van der Waals surface area contributed by atoms with Crippen molar-refractivity contribution in [3.8, 4) is 0 Å². The van der Waals surface area contributed by atoms with Crippen molar-refractivity contribution in [3.63, 3.8) is 0 Å². The number of unbranched alkanes of at least 4 members (excludes halogenated alkanes) is 15. The molecule has 0 spiro atoms. The molecule has 7 unspecified atom stereocenters. The summed E-state index contributed by atoms with van der Waals surface area (Å²) < 4.78 is 11.0. The first-order valence-corrected chi connectivity index (χ1v) is 16.2. The van der Waals surface area contributed by atoms with Crippen LogP contribution in [-0.2, 0) is 14.3 Å². The van der Waals surface area contributed by atoms with Crippen LogP contribution in [0, 0.1) is 0 Å². The van der Waals surface area contributed by atoms with Gasteiger partial charge in [0, 0.05) is 6.42 Å². The van der Waals surface area contributed by atoms with Crippen LogP contribution in [0.3, 0.4) is 0 Å². The minimum absolute atomic E-state index is 0.138. The summed E-state index contributed by atoms with van der Waals surface area (Å²) in [5.74, 6) is -0.181. The van der Waals surface area contributed by atoms with Crippen LogP contribution in [-0.4, -0.2) is 87.5 Å². The van der Waals surface area contributed by atoms with E-state index in [2.05, 4.69) is 12.2 Å². The van der Waals surface area contributed by atoms with E-state index in [1.165, 1.54) is 77.0 Å². The predicted molar refractivity (Wildman–Crippen MR) is 157 cm³/mol. The molecular formula is C31H61NO8. The smallest absolute Gasteiger partial charge is 0.220 e. The van der Waals surface area contributed by atoms with Crippen molar-refractivity contribution in [2.75, 3.05) is 13.2 Å². The van der Waals surface area contributed by atoms with Gasteiger partial charge in [0.25, 0.3) is 0 Å². The highest BCUT2D eigenvalue weighted by atomic mass is 16.7. The van der Waals surface area contributed by atoms with E-state index >= 15 is 0 Å². The van der Waals surface area contributed by atoms with Crippen molar-refractivity contribution in [1.82, 2.24) is 5.32 Å². The first-order valence-electron chi connectivity index (χ1n) is 16.2. The number of amides is 1. The van der Waals surface area contributed by atoms with Crippen LogP contribution in [0.15, 0.2) is 0 Å². The van der Waals surface area contributed by atoms with E-state index < -0.39 is 49.5 Å². The largest absolute Gasteiger partial charge is 0.394 e. The van der Waals surface area contributed by atoms with Crippen LogP contribution < -0.4 is 5.32 Å². The van der Waals surface area contributed by atoms with E-state index in [0.29, 0.717) is 12.8 Å². The van der Waals surface area contributed by atoms with E-state index in [0.717, 1.165) is 32.1 Å². The number of ether oxygens (including phenoxy) is 2. The Morgan fingerprint density at radius 1 is 0.750 bits per heavy atom. The summed E-state index contributed by atoms with van der Waals surface area (Å²) in [4.78, 5) is 12.4. The van der Waals surface area contributed by atoms with Gasteiger partial charge < -0.3 is 40.3 Å².